The third-order valence-corrected chi connectivity index (χ3v) is 2.49. The van der Waals surface area contributed by atoms with Gasteiger partial charge in [-0.1, -0.05) is 12.1 Å². The Morgan fingerprint density at radius 3 is 2.88 bits per heavy atom. The molecule has 4 heteroatoms. The Labute approximate surface area is 102 Å². The molecule has 0 aliphatic carbocycles. The molecule has 0 aliphatic rings. The van der Waals surface area contributed by atoms with Gasteiger partial charge in [0.15, 0.2) is 0 Å². The van der Waals surface area contributed by atoms with Crippen molar-refractivity contribution in [1.82, 2.24) is 5.32 Å². The van der Waals surface area contributed by atoms with Crippen molar-refractivity contribution < 1.29 is 14.2 Å². The van der Waals surface area contributed by atoms with E-state index in [0.29, 0.717) is 13.2 Å². The van der Waals surface area contributed by atoms with Crippen molar-refractivity contribution in [3.8, 4) is 0 Å². The number of halogens is 1. The molecule has 2 atom stereocenters. The normalized spacial score (nSPS) is 14.6. The van der Waals surface area contributed by atoms with E-state index in [1.54, 1.807) is 13.2 Å². The molecular weight excluding hydrogens is 221 g/mol. The first-order valence-electron chi connectivity index (χ1n) is 5.76. The molecule has 0 aromatic heterocycles. The third-order valence-electron chi connectivity index (χ3n) is 2.49. The lowest BCUT2D eigenvalue weighted by molar-refractivity contribution is 0.0631. The minimum atomic E-state index is -0.505. The molecule has 3 nitrogen and oxygen atoms in total. The van der Waals surface area contributed by atoms with Crippen LogP contribution >= 0.6 is 0 Å². The Balaban J connectivity index is 2.32. The first-order valence-corrected chi connectivity index (χ1v) is 5.76. The van der Waals surface area contributed by atoms with Gasteiger partial charge in [-0.25, -0.2) is 4.39 Å². The van der Waals surface area contributed by atoms with Crippen LogP contribution in [0.4, 0.5) is 4.39 Å². The van der Waals surface area contributed by atoms with E-state index in [1.165, 1.54) is 12.1 Å². The molecule has 0 fully saturated rings. The molecule has 2 unspecified atom stereocenters. The molecule has 0 saturated heterocycles. The van der Waals surface area contributed by atoms with Gasteiger partial charge in [0.1, 0.15) is 5.82 Å². The molecule has 0 heterocycles. The van der Waals surface area contributed by atoms with E-state index in [9.17, 15) is 9.50 Å². The van der Waals surface area contributed by atoms with Crippen molar-refractivity contribution in [3.05, 3.63) is 35.6 Å². The highest BCUT2D eigenvalue weighted by Crippen LogP contribution is 2.06. The van der Waals surface area contributed by atoms with E-state index < -0.39 is 6.10 Å². The number of methoxy groups -OCH3 is 1. The number of hydrogen-bond acceptors (Lipinski definition) is 3. The monoisotopic (exact) mass is 241 g/mol. The number of aliphatic hydroxyl groups is 1. The summed E-state index contributed by atoms with van der Waals surface area (Å²) in [6.07, 6.45) is 0.229. The minimum Gasteiger partial charge on any atom is -0.389 e. The molecule has 0 spiro atoms. The number of aliphatic hydroxyl groups excluding tert-OH is 1. The summed E-state index contributed by atoms with van der Waals surface area (Å²) >= 11 is 0. The molecule has 0 aliphatic heterocycles. The molecule has 0 bridgehead atoms. The summed E-state index contributed by atoms with van der Waals surface area (Å²) in [5, 5.41) is 12.6. The van der Waals surface area contributed by atoms with Crippen LogP contribution in [0.1, 0.15) is 12.5 Å². The lowest BCUT2D eigenvalue weighted by atomic mass is 10.1. The second kappa shape index (κ2) is 7.37. The van der Waals surface area contributed by atoms with Crippen LogP contribution in [0.2, 0.25) is 0 Å². The van der Waals surface area contributed by atoms with Gasteiger partial charge < -0.3 is 15.2 Å². The van der Waals surface area contributed by atoms with Gasteiger partial charge in [-0.05, 0) is 31.0 Å². The Morgan fingerprint density at radius 1 is 1.47 bits per heavy atom. The van der Waals surface area contributed by atoms with Crippen LogP contribution in [-0.4, -0.2) is 37.5 Å². The van der Waals surface area contributed by atoms with Crippen LogP contribution in [0, 0.1) is 5.82 Å². The zero-order valence-electron chi connectivity index (χ0n) is 10.3. The summed E-state index contributed by atoms with van der Waals surface area (Å²) in [6, 6.07) is 6.75. The maximum absolute atomic E-state index is 13.0. The molecule has 96 valence electrons. The fourth-order valence-corrected chi connectivity index (χ4v) is 1.68. The summed E-state index contributed by atoms with van der Waals surface area (Å²) in [7, 11) is 1.55. The fraction of sp³-hybridized carbons (Fsp3) is 0.538. The molecule has 0 saturated carbocycles. The molecular formula is C13H20FNO2. The van der Waals surface area contributed by atoms with Crippen LogP contribution < -0.4 is 5.32 Å². The second-order valence-electron chi connectivity index (χ2n) is 4.25. The smallest absolute Gasteiger partial charge is 0.123 e. The van der Waals surface area contributed by atoms with Gasteiger partial charge in [-0.15, -0.1) is 0 Å². The van der Waals surface area contributed by atoms with E-state index in [4.69, 9.17) is 4.74 Å². The van der Waals surface area contributed by atoms with E-state index in [-0.39, 0.29) is 11.9 Å². The third kappa shape index (κ3) is 5.77. The van der Waals surface area contributed by atoms with Gasteiger partial charge in [-0.2, -0.15) is 0 Å². The van der Waals surface area contributed by atoms with Crippen molar-refractivity contribution in [3.63, 3.8) is 0 Å². The predicted octanol–water partition coefficient (Wildman–Crippen LogP) is 1.35. The lowest BCUT2D eigenvalue weighted by Crippen LogP contribution is -2.36. The van der Waals surface area contributed by atoms with Crippen LogP contribution in [0.3, 0.4) is 0 Å². The van der Waals surface area contributed by atoms with Gasteiger partial charge in [0.05, 0.1) is 12.7 Å². The van der Waals surface area contributed by atoms with E-state index in [2.05, 4.69) is 5.32 Å². The van der Waals surface area contributed by atoms with Crippen LogP contribution in [0.5, 0.6) is 0 Å². The lowest BCUT2D eigenvalue weighted by Gasteiger charge is -2.16. The van der Waals surface area contributed by atoms with Crippen molar-refractivity contribution in [2.45, 2.75) is 25.5 Å². The molecule has 1 rings (SSSR count). The van der Waals surface area contributed by atoms with Gasteiger partial charge in [-0.3, -0.25) is 0 Å². The van der Waals surface area contributed by atoms with Crippen LogP contribution in [-0.2, 0) is 11.2 Å². The largest absolute Gasteiger partial charge is 0.389 e. The number of rotatable bonds is 7. The summed E-state index contributed by atoms with van der Waals surface area (Å²) in [4.78, 5) is 0. The number of benzene rings is 1. The van der Waals surface area contributed by atoms with Crippen LogP contribution in [0.25, 0.3) is 0 Å². The summed E-state index contributed by atoms with van der Waals surface area (Å²) in [5.41, 5.74) is 0.950. The average Bonchev–Trinajstić information content (AvgIpc) is 2.27. The van der Waals surface area contributed by atoms with E-state index >= 15 is 0 Å². The Hall–Kier alpha value is -0.970. The molecule has 17 heavy (non-hydrogen) atoms. The molecule has 2 N–H and O–H groups in total. The second-order valence-corrected chi connectivity index (χ2v) is 4.25. The van der Waals surface area contributed by atoms with Crippen molar-refractivity contribution in [2.24, 2.45) is 0 Å². The van der Waals surface area contributed by atoms with Gasteiger partial charge in [0.2, 0.25) is 0 Å². The summed E-state index contributed by atoms with van der Waals surface area (Å²) < 4.78 is 17.8. The van der Waals surface area contributed by atoms with Gasteiger partial charge >= 0.3 is 0 Å². The molecule has 1 aromatic carbocycles. The first-order chi connectivity index (χ1) is 8.11. The van der Waals surface area contributed by atoms with Crippen LogP contribution in [0.15, 0.2) is 24.3 Å². The quantitative estimate of drug-likeness (QED) is 0.757. The summed E-state index contributed by atoms with van der Waals surface area (Å²) in [5.74, 6) is -0.214. The average molecular weight is 241 g/mol. The highest BCUT2D eigenvalue weighted by atomic mass is 19.1. The van der Waals surface area contributed by atoms with E-state index in [1.807, 2.05) is 13.0 Å². The van der Waals surface area contributed by atoms with Gasteiger partial charge in [0.25, 0.3) is 0 Å². The van der Waals surface area contributed by atoms with Gasteiger partial charge in [0, 0.05) is 19.7 Å². The maximum atomic E-state index is 13.0. The van der Waals surface area contributed by atoms with Crippen molar-refractivity contribution in [1.29, 1.82) is 0 Å². The zero-order valence-corrected chi connectivity index (χ0v) is 10.3. The number of ether oxygens (including phenoxy) is 1. The zero-order chi connectivity index (χ0) is 12.7. The highest BCUT2D eigenvalue weighted by molar-refractivity contribution is 5.17. The Bertz CT molecular complexity index is 333. The maximum Gasteiger partial charge on any atom is 0.123 e. The topological polar surface area (TPSA) is 41.5 Å². The molecule has 1 aromatic rings. The molecule has 0 radical (unpaired) electrons. The number of nitrogens with one attached hydrogen (secondary N) is 1. The molecule has 0 amide bonds. The first kappa shape index (κ1) is 14.1. The standard InChI is InChI=1S/C13H20FNO2/c1-10(15-8-13(16)9-17-2)6-11-4-3-5-12(14)7-11/h3-5,7,10,13,15-16H,6,8-9H2,1-2H3. The fourth-order valence-electron chi connectivity index (χ4n) is 1.68. The highest BCUT2D eigenvalue weighted by Gasteiger charge is 2.07. The Morgan fingerprint density at radius 2 is 2.24 bits per heavy atom. The Kier molecular flexibility index (Phi) is 6.11. The SMILES string of the molecule is COCC(O)CNC(C)Cc1cccc(F)c1. The number of hydrogen-bond donors (Lipinski definition) is 2. The van der Waals surface area contributed by atoms with E-state index in [0.717, 1.165) is 12.0 Å². The van der Waals surface area contributed by atoms with Crippen molar-refractivity contribution in [2.75, 3.05) is 20.3 Å². The minimum absolute atomic E-state index is 0.184. The summed E-state index contributed by atoms with van der Waals surface area (Å²) in [6.45, 7) is 2.80. The van der Waals surface area contributed by atoms with Crippen molar-refractivity contribution >= 4 is 0 Å². The predicted molar refractivity (Wildman–Crippen MR) is 65.5 cm³/mol.